The first-order chi connectivity index (χ1) is 14.5. The molecule has 2 aliphatic rings. The second-order valence-electron chi connectivity index (χ2n) is 8.22. The Kier molecular flexibility index (Phi) is 7.80. The minimum atomic E-state index is -0.743. The van der Waals surface area contributed by atoms with Crippen LogP contribution in [0.3, 0.4) is 0 Å². The number of rotatable bonds is 10. The highest BCUT2D eigenvalue weighted by Gasteiger charge is 2.57. The number of carbonyl (C=O) groups excluding carboxylic acids is 2. The van der Waals surface area contributed by atoms with Crippen molar-refractivity contribution in [1.82, 2.24) is 19.7 Å². The number of hydrogen-bond acceptors (Lipinski definition) is 6. The van der Waals surface area contributed by atoms with Gasteiger partial charge in [0, 0.05) is 58.8 Å². The molecule has 2 aliphatic heterocycles. The van der Waals surface area contributed by atoms with Gasteiger partial charge in [-0.1, -0.05) is 6.07 Å². The normalized spacial score (nSPS) is 20.4. The van der Waals surface area contributed by atoms with Crippen molar-refractivity contribution in [2.45, 2.75) is 44.2 Å². The average Bonchev–Trinajstić information content (AvgIpc) is 2.95. The van der Waals surface area contributed by atoms with E-state index >= 15 is 0 Å². The molecule has 0 radical (unpaired) electrons. The lowest BCUT2D eigenvalue weighted by Crippen LogP contribution is -2.58. The molecule has 3 heterocycles. The number of nitrogens with zero attached hydrogens (tertiary/aromatic N) is 4. The van der Waals surface area contributed by atoms with Crippen LogP contribution in [0.2, 0.25) is 0 Å². The van der Waals surface area contributed by atoms with Crippen LogP contribution in [0.5, 0.6) is 0 Å². The topological polar surface area (TPSA) is 75.2 Å². The molecule has 8 nitrogen and oxygen atoms in total. The fourth-order valence-corrected chi connectivity index (χ4v) is 4.62. The smallest absolute Gasteiger partial charge is 0.327 e. The number of methoxy groups -OCH3 is 2. The Hall–Kier alpha value is -2.03. The van der Waals surface area contributed by atoms with Crippen LogP contribution in [0, 0.1) is 0 Å². The lowest BCUT2D eigenvalue weighted by atomic mass is 9.85. The maximum Gasteiger partial charge on any atom is 0.327 e. The molecule has 1 spiro atoms. The number of ether oxygens (including phenoxy) is 2. The van der Waals surface area contributed by atoms with E-state index in [4.69, 9.17) is 9.47 Å². The van der Waals surface area contributed by atoms with Gasteiger partial charge in [0.25, 0.3) is 5.91 Å². The van der Waals surface area contributed by atoms with E-state index in [1.807, 2.05) is 18.3 Å². The van der Waals surface area contributed by atoms with Gasteiger partial charge in [0.2, 0.25) is 0 Å². The lowest BCUT2D eigenvalue weighted by Gasteiger charge is -2.43. The van der Waals surface area contributed by atoms with Crippen LogP contribution in [-0.4, -0.2) is 96.8 Å². The summed E-state index contributed by atoms with van der Waals surface area (Å²) in [5.74, 6) is -0.0474. The molecule has 2 fully saturated rings. The Morgan fingerprint density at radius 1 is 1.17 bits per heavy atom. The molecule has 3 rings (SSSR count). The molecule has 166 valence electrons. The second-order valence-corrected chi connectivity index (χ2v) is 8.22. The maximum atomic E-state index is 13.5. The first-order valence-electron chi connectivity index (χ1n) is 10.8. The number of urea groups is 1. The van der Waals surface area contributed by atoms with E-state index in [1.165, 1.54) is 4.90 Å². The van der Waals surface area contributed by atoms with Crippen molar-refractivity contribution in [3.8, 4) is 0 Å². The third-order valence-electron chi connectivity index (χ3n) is 6.37. The Morgan fingerprint density at radius 3 is 2.57 bits per heavy atom. The molecule has 1 aromatic heterocycles. The second kappa shape index (κ2) is 10.3. The van der Waals surface area contributed by atoms with Gasteiger partial charge < -0.3 is 14.4 Å². The van der Waals surface area contributed by atoms with E-state index in [9.17, 15) is 9.59 Å². The summed E-state index contributed by atoms with van der Waals surface area (Å²) in [6, 6.07) is 4.04. The van der Waals surface area contributed by atoms with Gasteiger partial charge in [-0.25, -0.2) is 4.79 Å². The number of piperidine rings is 1. The van der Waals surface area contributed by atoms with E-state index in [1.54, 1.807) is 25.3 Å². The van der Waals surface area contributed by atoms with E-state index in [2.05, 4.69) is 16.8 Å². The largest absolute Gasteiger partial charge is 0.383 e. The van der Waals surface area contributed by atoms with Crippen LogP contribution in [0.1, 0.15) is 31.7 Å². The van der Waals surface area contributed by atoms with Crippen LogP contribution in [0.4, 0.5) is 4.79 Å². The van der Waals surface area contributed by atoms with Gasteiger partial charge in [-0.05, 0) is 44.2 Å². The third kappa shape index (κ3) is 4.66. The number of imide groups is 1. The van der Waals surface area contributed by atoms with E-state index in [0.29, 0.717) is 45.2 Å². The zero-order valence-electron chi connectivity index (χ0n) is 18.4. The van der Waals surface area contributed by atoms with Crippen LogP contribution in [-0.2, 0) is 20.7 Å². The molecule has 8 heteroatoms. The number of likely N-dealkylation sites (tertiary alicyclic amines) is 1. The van der Waals surface area contributed by atoms with Gasteiger partial charge in [-0.15, -0.1) is 0 Å². The van der Waals surface area contributed by atoms with Crippen molar-refractivity contribution in [2.24, 2.45) is 0 Å². The Bertz CT molecular complexity index is 706. The molecule has 0 N–H and O–H groups in total. The summed E-state index contributed by atoms with van der Waals surface area (Å²) in [5.41, 5.74) is 0.371. The van der Waals surface area contributed by atoms with Crippen LogP contribution < -0.4 is 0 Å². The molecule has 0 bridgehead atoms. The van der Waals surface area contributed by atoms with Gasteiger partial charge in [0.05, 0.1) is 13.2 Å². The predicted octanol–water partition coefficient (Wildman–Crippen LogP) is 1.79. The number of amides is 3. The minimum Gasteiger partial charge on any atom is -0.383 e. The van der Waals surface area contributed by atoms with Crippen molar-refractivity contribution in [3.63, 3.8) is 0 Å². The molecule has 1 unspecified atom stereocenters. The molecular formula is C22H34N4O4. The fraction of sp³-hybridized carbons (Fsp3) is 0.682. The first kappa shape index (κ1) is 22.7. The van der Waals surface area contributed by atoms with Crippen molar-refractivity contribution in [2.75, 3.05) is 53.6 Å². The van der Waals surface area contributed by atoms with Gasteiger partial charge in [-0.2, -0.15) is 0 Å². The molecule has 0 aromatic carbocycles. The Morgan fingerprint density at radius 2 is 1.93 bits per heavy atom. The number of pyridine rings is 1. The predicted molar refractivity (Wildman–Crippen MR) is 113 cm³/mol. The standard InChI is InChI=1S/C22H34N4O4/c1-18(17-30-3)24-12-8-22(9-13-24)20(27)25(21(28)26(22)14-15-29-2)11-5-7-19-6-4-10-23-16-19/h4,6,10,16,18H,5,7-9,11-15,17H2,1-3H3. The molecule has 1 aromatic rings. The van der Waals surface area contributed by atoms with E-state index in [0.717, 1.165) is 31.5 Å². The molecular weight excluding hydrogens is 384 g/mol. The van der Waals surface area contributed by atoms with Gasteiger partial charge in [0.1, 0.15) is 5.54 Å². The Balaban J connectivity index is 1.68. The third-order valence-corrected chi connectivity index (χ3v) is 6.37. The van der Waals surface area contributed by atoms with Crippen LogP contribution >= 0.6 is 0 Å². The quantitative estimate of drug-likeness (QED) is 0.540. The summed E-state index contributed by atoms with van der Waals surface area (Å²) in [5, 5.41) is 0. The summed E-state index contributed by atoms with van der Waals surface area (Å²) in [6.45, 7) is 5.64. The molecule has 0 saturated carbocycles. The summed E-state index contributed by atoms with van der Waals surface area (Å²) < 4.78 is 10.5. The zero-order valence-corrected chi connectivity index (χ0v) is 18.4. The summed E-state index contributed by atoms with van der Waals surface area (Å²) in [7, 11) is 3.33. The molecule has 0 aliphatic carbocycles. The maximum absolute atomic E-state index is 13.5. The Labute approximate surface area is 179 Å². The highest BCUT2D eigenvalue weighted by Crippen LogP contribution is 2.37. The molecule has 3 amide bonds. The first-order valence-corrected chi connectivity index (χ1v) is 10.8. The molecule has 30 heavy (non-hydrogen) atoms. The average molecular weight is 419 g/mol. The number of aryl methyl sites for hydroxylation is 1. The van der Waals surface area contributed by atoms with Crippen molar-refractivity contribution < 1.29 is 19.1 Å². The SMILES string of the molecule is COCCN1C(=O)N(CCCc2cccnc2)C(=O)C12CCN(C(C)COC)CC2. The summed E-state index contributed by atoms with van der Waals surface area (Å²) in [4.78, 5) is 36.4. The zero-order chi connectivity index (χ0) is 21.6. The van der Waals surface area contributed by atoms with Crippen LogP contribution in [0.25, 0.3) is 0 Å². The van der Waals surface area contributed by atoms with Gasteiger partial charge in [-0.3, -0.25) is 19.6 Å². The summed E-state index contributed by atoms with van der Waals surface area (Å²) >= 11 is 0. The fourth-order valence-electron chi connectivity index (χ4n) is 4.62. The van der Waals surface area contributed by atoms with Crippen LogP contribution in [0.15, 0.2) is 24.5 Å². The van der Waals surface area contributed by atoms with E-state index < -0.39 is 5.54 Å². The summed E-state index contributed by atoms with van der Waals surface area (Å²) in [6.07, 6.45) is 6.39. The minimum absolute atomic E-state index is 0.0474. The monoisotopic (exact) mass is 418 g/mol. The van der Waals surface area contributed by atoms with Gasteiger partial charge in [0.15, 0.2) is 0 Å². The van der Waals surface area contributed by atoms with Gasteiger partial charge >= 0.3 is 6.03 Å². The number of aromatic nitrogens is 1. The molecule has 1 atom stereocenters. The highest BCUT2D eigenvalue weighted by atomic mass is 16.5. The highest BCUT2D eigenvalue weighted by molar-refractivity contribution is 6.07. The lowest BCUT2D eigenvalue weighted by molar-refractivity contribution is -0.136. The molecule has 2 saturated heterocycles. The number of hydrogen-bond donors (Lipinski definition) is 0. The van der Waals surface area contributed by atoms with E-state index in [-0.39, 0.29) is 11.9 Å². The van der Waals surface area contributed by atoms with Crippen molar-refractivity contribution in [1.29, 1.82) is 0 Å². The van der Waals surface area contributed by atoms with Crippen molar-refractivity contribution in [3.05, 3.63) is 30.1 Å². The van der Waals surface area contributed by atoms with Crippen molar-refractivity contribution >= 4 is 11.9 Å². The number of carbonyl (C=O) groups is 2.